The summed E-state index contributed by atoms with van der Waals surface area (Å²) in [6, 6.07) is 7.01. The number of ether oxygens (including phenoxy) is 3. The Morgan fingerprint density at radius 2 is 1.74 bits per heavy atom. The summed E-state index contributed by atoms with van der Waals surface area (Å²) >= 11 is 0. The first-order valence-electron chi connectivity index (χ1n) is 6.60. The monoisotopic (exact) mass is 266 g/mol. The van der Waals surface area contributed by atoms with Gasteiger partial charge < -0.3 is 14.2 Å². The first-order valence-corrected chi connectivity index (χ1v) is 6.60. The van der Waals surface area contributed by atoms with Gasteiger partial charge in [-0.05, 0) is 30.7 Å². The number of rotatable bonds is 10. The zero-order valence-corrected chi connectivity index (χ0v) is 11.7. The standard InChI is InChI=1S/C15H22O4/c1-3-4-9-18-10-11-19-12-15(16)13-5-7-14(17-2)8-6-13/h5-8H,3-4,9-12H2,1-2H3. The van der Waals surface area contributed by atoms with Crippen LogP contribution in [0, 0.1) is 0 Å². The molecule has 19 heavy (non-hydrogen) atoms. The lowest BCUT2D eigenvalue weighted by Crippen LogP contribution is -2.12. The second-order valence-corrected chi connectivity index (χ2v) is 4.17. The van der Waals surface area contributed by atoms with Gasteiger partial charge in [-0.25, -0.2) is 0 Å². The molecule has 0 amide bonds. The molecule has 0 aliphatic heterocycles. The van der Waals surface area contributed by atoms with Gasteiger partial charge in [0.25, 0.3) is 0 Å². The summed E-state index contributed by atoms with van der Waals surface area (Å²) in [6.45, 7) is 3.95. The second-order valence-electron chi connectivity index (χ2n) is 4.17. The summed E-state index contributed by atoms with van der Waals surface area (Å²) in [7, 11) is 1.60. The molecule has 0 fully saturated rings. The largest absolute Gasteiger partial charge is 0.497 e. The molecule has 1 rings (SSSR count). The van der Waals surface area contributed by atoms with Crippen LogP contribution >= 0.6 is 0 Å². The minimum atomic E-state index is -0.0313. The molecular weight excluding hydrogens is 244 g/mol. The van der Waals surface area contributed by atoms with Gasteiger partial charge in [-0.2, -0.15) is 0 Å². The van der Waals surface area contributed by atoms with E-state index in [0.717, 1.165) is 25.2 Å². The molecule has 0 heterocycles. The van der Waals surface area contributed by atoms with Crippen LogP contribution in [0.15, 0.2) is 24.3 Å². The maximum Gasteiger partial charge on any atom is 0.188 e. The third kappa shape index (κ3) is 6.36. The molecule has 4 nitrogen and oxygen atoms in total. The molecule has 1 aromatic rings. The first kappa shape index (κ1) is 15.7. The molecule has 0 aromatic heterocycles. The number of ketones is 1. The van der Waals surface area contributed by atoms with Crippen molar-refractivity contribution in [3.05, 3.63) is 29.8 Å². The zero-order chi connectivity index (χ0) is 13.9. The van der Waals surface area contributed by atoms with Crippen molar-refractivity contribution in [1.82, 2.24) is 0 Å². The van der Waals surface area contributed by atoms with Gasteiger partial charge in [-0.3, -0.25) is 4.79 Å². The molecule has 0 saturated carbocycles. The lowest BCUT2D eigenvalue weighted by molar-refractivity contribution is 0.0432. The highest BCUT2D eigenvalue weighted by Crippen LogP contribution is 2.11. The molecule has 0 radical (unpaired) electrons. The molecule has 0 N–H and O–H groups in total. The third-order valence-electron chi connectivity index (χ3n) is 2.66. The highest BCUT2D eigenvalue weighted by molar-refractivity contribution is 5.97. The minimum Gasteiger partial charge on any atom is -0.497 e. The van der Waals surface area contributed by atoms with E-state index in [1.54, 1.807) is 31.4 Å². The lowest BCUT2D eigenvalue weighted by atomic mass is 10.1. The van der Waals surface area contributed by atoms with E-state index in [-0.39, 0.29) is 12.4 Å². The van der Waals surface area contributed by atoms with Gasteiger partial charge in [0.2, 0.25) is 0 Å². The summed E-state index contributed by atoms with van der Waals surface area (Å²) < 4.78 is 15.7. The van der Waals surface area contributed by atoms with E-state index in [1.165, 1.54) is 0 Å². The van der Waals surface area contributed by atoms with Crippen LogP contribution in [0.2, 0.25) is 0 Å². The van der Waals surface area contributed by atoms with Gasteiger partial charge in [0, 0.05) is 12.2 Å². The van der Waals surface area contributed by atoms with E-state index in [1.807, 2.05) is 0 Å². The molecular formula is C15H22O4. The molecule has 0 aliphatic rings. The quantitative estimate of drug-likeness (QED) is 0.482. The van der Waals surface area contributed by atoms with Crippen molar-refractivity contribution in [1.29, 1.82) is 0 Å². The fourth-order valence-corrected chi connectivity index (χ4v) is 1.49. The van der Waals surface area contributed by atoms with E-state index in [2.05, 4.69) is 6.92 Å². The Bertz CT molecular complexity index is 359. The van der Waals surface area contributed by atoms with Gasteiger partial charge in [0.05, 0.1) is 20.3 Å². The van der Waals surface area contributed by atoms with Gasteiger partial charge >= 0.3 is 0 Å². The van der Waals surface area contributed by atoms with Crippen molar-refractivity contribution < 1.29 is 19.0 Å². The Morgan fingerprint density at radius 3 is 2.37 bits per heavy atom. The second kappa shape index (κ2) is 9.53. The minimum absolute atomic E-state index is 0.0313. The highest BCUT2D eigenvalue weighted by Gasteiger charge is 2.05. The zero-order valence-electron chi connectivity index (χ0n) is 11.7. The topological polar surface area (TPSA) is 44.8 Å². The Morgan fingerprint density at radius 1 is 1.05 bits per heavy atom. The fraction of sp³-hybridized carbons (Fsp3) is 0.533. The predicted octanol–water partition coefficient (Wildman–Crippen LogP) is 2.71. The van der Waals surface area contributed by atoms with Crippen molar-refractivity contribution in [2.45, 2.75) is 19.8 Å². The molecule has 0 aliphatic carbocycles. The first-order chi connectivity index (χ1) is 9.27. The molecule has 0 saturated heterocycles. The Balaban J connectivity index is 2.16. The number of Topliss-reactive ketones (excluding diaryl/α,β-unsaturated/α-hetero) is 1. The molecule has 1 aromatic carbocycles. The molecule has 0 spiro atoms. The molecule has 0 bridgehead atoms. The number of benzene rings is 1. The maximum absolute atomic E-state index is 11.8. The van der Waals surface area contributed by atoms with E-state index in [4.69, 9.17) is 14.2 Å². The lowest BCUT2D eigenvalue weighted by Gasteiger charge is -2.05. The Hall–Kier alpha value is -1.39. The van der Waals surface area contributed by atoms with Gasteiger partial charge in [0.15, 0.2) is 5.78 Å². The number of hydrogen-bond donors (Lipinski definition) is 0. The molecule has 0 atom stereocenters. The van der Waals surface area contributed by atoms with Gasteiger partial charge in [0.1, 0.15) is 12.4 Å². The number of unbranched alkanes of at least 4 members (excludes halogenated alkanes) is 1. The van der Waals surface area contributed by atoms with Crippen LogP contribution in [0.25, 0.3) is 0 Å². The fourth-order valence-electron chi connectivity index (χ4n) is 1.49. The number of hydrogen-bond acceptors (Lipinski definition) is 4. The average Bonchev–Trinajstić information content (AvgIpc) is 2.46. The smallest absolute Gasteiger partial charge is 0.188 e. The Labute approximate surface area is 114 Å². The van der Waals surface area contributed by atoms with Crippen molar-refractivity contribution in [2.24, 2.45) is 0 Å². The SMILES string of the molecule is CCCCOCCOCC(=O)c1ccc(OC)cc1. The van der Waals surface area contributed by atoms with Crippen molar-refractivity contribution >= 4 is 5.78 Å². The summed E-state index contributed by atoms with van der Waals surface area (Å²) in [4.78, 5) is 11.8. The van der Waals surface area contributed by atoms with Crippen LogP contribution in [0.3, 0.4) is 0 Å². The summed E-state index contributed by atoms with van der Waals surface area (Å²) in [6.07, 6.45) is 2.18. The van der Waals surface area contributed by atoms with E-state index in [9.17, 15) is 4.79 Å². The van der Waals surface area contributed by atoms with Crippen molar-refractivity contribution in [3.8, 4) is 5.75 Å². The molecule has 0 unspecified atom stereocenters. The summed E-state index contributed by atoms with van der Waals surface area (Å²) in [5.41, 5.74) is 0.632. The number of carbonyl (C=O) groups excluding carboxylic acids is 1. The van der Waals surface area contributed by atoms with Crippen LogP contribution in [-0.4, -0.2) is 39.3 Å². The summed E-state index contributed by atoms with van der Waals surface area (Å²) in [5.74, 6) is 0.706. The Kier molecular flexibility index (Phi) is 7.86. The summed E-state index contributed by atoms with van der Waals surface area (Å²) in [5, 5.41) is 0. The maximum atomic E-state index is 11.8. The van der Waals surface area contributed by atoms with Crippen LogP contribution in [0.1, 0.15) is 30.1 Å². The molecule has 4 heteroatoms. The van der Waals surface area contributed by atoms with Crippen molar-refractivity contribution in [2.75, 3.05) is 33.5 Å². The normalized spacial score (nSPS) is 10.4. The van der Waals surface area contributed by atoms with Gasteiger partial charge in [-0.1, -0.05) is 13.3 Å². The van der Waals surface area contributed by atoms with E-state index in [0.29, 0.717) is 18.8 Å². The van der Waals surface area contributed by atoms with Gasteiger partial charge in [-0.15, -0.1) is 0 Å². The van der Waals surface area contributed by atoms with Crippen LogP contribution in [-0.2, 0) is 9.47 Å². The van der Waals surface area contributed by atoms with Crippen LogP contribution in [0.4, 0.5) is 0 Å². The predicted molar refractivity (Wildman–Crippen MR) is 73.9 cm³/mol. The van der Waals surface area contributed by atoms with E-state index < -0.39 is 0 Å². The van der Waals surface area contributed by atoms with E-state index >= 15 is 0 Å². The molecule has 106 valence electrons. The number of methoxy groups -OCH3 is 1. The average molecular weight is 266 g/mol. The number of carbonyl (C=O) groups is 1. The van der Waals surface area contributed by atoms with Crippen LogP contribution < -0.4 is 4.74 Å². The van der Waals surface area contributed by atoms with Crippen LogP contribution in [0.5, 0.6) is 5.75 Å². The van der Waals surface area contributed by atoms with Crippen molar-refractivity contribution in [3.63, 3.8) is 0 Å². The highest BCUT2D eigenvalue weighted by atomic mass is 16.5. The third-order valence-corrected chi connectivity index (χ3v) is 2.66.